The summed E-state index contributed by atoms with van der Waals surface area (Å²) in [5.41, 5.74) is 1.70. The summed E-state index contributed by atoms with van der Waals surface area (Å²) in [6.45, 7) is 1.68. The predicted octanol–water partition coefficient (Wildman–Crippen LogP) is 4.32. The molecule has 0 saturated carbocycles. The number of nitrogens with one attached hydrogen (secondary N) is 1. The van der Waals surface area contributed by atoms with Gasteiger partial charge in [0.1, 0.15) is 11.2 Å². The van der Waals surface area contributed by atoms with Gasteiger partial charge < -0.3 is 5.32 Å². The van der Waals surface area contributed by atoms with Crippen LogP contribution in [0.15, 0.2) is 91.1 Å². The van der Waals surface area contributed by atoms with Crippen LogP contribution < -0.4 is 10.2 Å². The predicted molar refractivity (Wildman–Crippen MR) is 142 cm³/mol. The minimum Gasteiger partial charge on any atom is -0.333 e. The molecule has 1 aliphatic heterocycles. The second-order valence-corrected chi connectivity index (χ2v) is 11.0. The van der Waals surface area contributed by atoms with Crippen molar-refractivity contribution in [1.82, 2.24) is 14.3 Å². The van der Waals surface area contributed by atoms with Crippen LogP contribution in [-0.2, 0) is 20.4 Å². The third kappa shape index (κ3) is 3.42. The number of aromatic nitrogens is 2. The van der Waals surface area contributed by atoms with E-state index in [0.29, 0.717) is 38.7 Å². The van der Waals surface area contributed by atoms with Crippen LogP contribution in [0.1, 0.15) is 23.0 Å². The van der Waals surface area contributed by atoms with Crippen molar-refractivity contribution in [3.8, 4) is 0 Å². The summed E-state index contributed by atoms with van der Waals surface area (Å²) in [5.74, 6) is -0.832. The highest BCUT2D eigenvalue weighted by atomic mass is 32.2. The Bertz CT molecular complexity index is 1850. The normalized spacial score (nSPS) is 17.4. The molecule has 1 aliphatic rings. The highest BCUT2D eigenvalue weighted by Crippen LogP contribution is 2.44. The number of benzene rings is 3. The van der Waals surface area contributed by atoms with Gasteiger partial charge in [0.2, 0.25) is 10.0 Å². The van der Waals surface area contributed by atoms with E-state index in [4.69, 9.17) is 0 Å². The molecule has 0 spiro atoms. The molecule has 3 heterocycles. The zero-order valence-corrected chi connectivity index (χ0v) is 20.9. The molecule has 2 amide bonds. The van der Waals surface area contributed by atoms with E-state index in [0.717, 1.165) is 6.26 Å². The van der Waals surface area contributed by atoms with Crippen LogP contribution in [0.4, 0.5) is 11.4 Å². The fourth-order valence-electron chi connectivity index (χ4n) is 5.10. The molecule has 8 nitrogen and oxygen atoms in total. The van der Waals surface area contributed by atoms with Crippen molar-refractivity contribution in [2.24, 2.45) is 0 Å². The number of rotatable bonds is 4. The number of carbonyl (C=O) groups excluding carboxylic acids is 2. The first kappa shape index (κ1) is 22.9. The Hall–Kier alpha value is -4.50. The second kappa shape index (κ2) is 8.01. The average molecular weight is 511 g/mol. The lowest BCUT2D eigenvalue weighted by atomic mass is 9.93. The Morgan fingerprint density at radius 2 is 1.57 bits per heavy atom. The van der Waals surface area contributed by atoms with Crippen molar-refractivity contribution in [3.05, 3.63) is 102 Å². The van der Waals surface area contributed by atoms with Crippen molar-refractivity contribution < 1.29 is 18.0 Å². The number of hydrogen-bond acceptors (Lipinski definition) is 5. The fraction of sp³-hybridized carbons (Fsp3) is 0.107. The van der Waals surface area contributed by atoms with Crippen LogP contribution in [0.5, 0.6) is 0 Å². The number of nitrogens with zero attached hydrogens (tertiary/aromatic N) is 3. The number of amides is 2. The Labute approximate surface area is 213 Å². The largest absolute Gasteiger partial charge is 0.333 e. The quantitative estimate of drug-likeness (QED) is 0.388. The van der Waals surface area contributed by atoms with Gasteiger partial charge in [0, 0.05) is 22.0 Å². The SMILES string of the molecule is CC1(NC(=O)c2cc3c4ccccc4n(S(C)(=O)=O)c3cn2)C(=O)N(c2ccccc2)c2ccccc21. The molecule has 0 fully saturated rings. The Morgan fingerprint density at radius 1 is 0.892 bits per heavy atom. The van der Waals surface area contributed by atoms with Gasteiger partial charge in [-0.3, -0.25) is 14.5 Å². The molecular formula is C28H22N4O4S. The Balaban J connectivity index is 1.43. The summed E-state index contributed by atoms with van der Waals surface area (Å²) >= 11 is 0. The third-order valence-corrected chi connectivity index (χ3v) is 7.83. The lowest BCUT2D eigenvalue weighted by molar-refractivity contribution is -0.122. The van der Waals surface area contributed by atoms with Gasteiger partial charge >= 0.3 is 0 Å². The maximum Gasteiger partial charge on any atom is 0.271 e. The Morgan fingerprint density at radius 3 is 2.32 bits per heavy atom. The van der Waals surface area contributed by atoms with Crippen molar-refractivity contribution in [2.45, 2.75) is 12.5 Å². The number of pyridine rings is 1. The maximum absolute atomic E-state index is 13.8. The standard InChI is InChI=1S/C28H22N4O4S/c1-28(21-13-7-9-15-24(21)31(27(28)34)18-10-4-3-5-11-18)30-26(33)22-16-20-19-12-6-8-14-23(19)32(37(2,35)36)25(20)17-29-22/h3-17H,1-2H3,(H,30,33). The minimum absolute atomic E-state index is 0.0774. The lowest BCUT2D eigenvalue weighted by Gasteiger charge is -2.25. The fourth-order valence-corrected chi connectivity index (χ4v) is 6.12. The van der Waals surface area contributed by atoms with Crippen LogP contribution in [0.2, 0.25) is 0 Å². The monoisotopic (exact) mass is 510 g/mol. The maximum atomic E-state index is 13.8. The molecule has 0 bridgehead atoms. The smallest absolute Gasteiger partial charge is 0.271 e. The van der Waals surface area contributed by atoms with Gasteiger partial charge in [-0.1, -0.05) is 54.6 Å². The summed E-state index contributed by atoms with van der Waals surface area (Å²) in [7, 11) is -3.62. The number of hydrogen-bond donors (Lipinski definition) is 1. The van der Waals surface area contributed by atoms with Crippen molar-refractivity contribution in [3.63, 3.8) is 0 Å². The van der Waals surface area contributed by atoms with Crippen LogP contribution >= 0.6 is 0 Å². The van der Waals surface area contributed by atoms with Crippen molar-refractivity contribution in [2.75, 3.05) is 11.2 Å². The molecule has 1 atom stereocenters. The molecule has 1 N–H and O–H groups in total. The van der Waals surface area contributed by atoms with Crippen molar-refractivity contribution >= 4 is 55.0 Å². The van der Waals surface area contributed by atoms with E-state index in [1.54, 1.807) is 36.1 Å². The molecule has 0 saturated heterocycles. The Kier molecular flexibility index (Phi) is 4.96. The van der Waals surface area contributed by atoms with Crippen molar-refractivity contribution in [1.29, 1.82) is 0 Å². The van der Waals surface area contributed by atoms with Crippen LogP contribution in [-0.4, -0.2) is 35.4 Å². The topological polar surface area (TPSA) is 101 Å². The second-order valence-electron chi connectivity index (χ2n) is 9.20. The van der Waals surface area contributed by atoms with E-state index in [9.17, 15) is 18.0 Å². The van der Waals surface area contributed by atoms with Gasteiger partial charge in [0.05, 0.1) is 29.2 Å². The highest BCUT2D eigenvalue weighted by Gasteiger charge is 2.49. The average Bonchev–Trinajstić information content (AvgIpc) is 3.34. The number of fused-ring (bicyclic) bond motifs is 4. The van der Waals surface area contributed by atoms with Crippen LogP contribution in [0.25, 0.3) is 21.8 Å². The van der Waals surface area contributed by atoms with Crippen LogP contribution in [0, 0.1) is 0 Å². The number of para-hydroxylation sites is 3. The van der Waals surface area contributed by atoms with E-state index in [2.05, 4.69) is 10.3 Å². The highest BCUT2D eigenvalue weighted by molar-refractivity contribution is 7.89. The minimum atomic E-state index is -3.62. The molecule has 2 aromatic heterocycles. The zero-order valence-electron chi connectivity index (χ0n) is 20.0. The summed E-state index contributed by atoms with van der Waals surface area (Å²) < 4.78 is 26.3. The molecular weight excluding hydrogens is 488 g/mol. The van der Waals surface area contributed by atoms with E-state index >= 15 is 0 Å². The molecule has 0 radical (unpaired) electrons. The van der Waals surface area contributed by atoms with E-state index in [1.807, 2.05) is 60.7 Å². The van der Waals surface area contributed by atoms with Crippen LogP contribution in [0.3, 0.4) is 0 Å². The summed E-state index contributed by atoms with van der Waals surface area (Å²) in [4.78, 5) is 33.2. The van der Waals surface area contributed by atoms with E-state index in [-0.39, 0.29) is 11.6 Å². The summed E-state index contributed by atoms with van der Waals surface area (Å²) in [5, 5.41) is 4.17. The van der Waals surface area contributed by atoms with Gasteiger partial charge in [-0.15, -0.1) is 0 Å². The zero-order chi connectivity index (χ0) is 25.9. The molecule has 1 unspecified atom stereocenters. The molecule has 37 heavy (non-hydrogen) atoms. The molecule has 5 aromatic rings. The third-order valence-electron chi connectivity index (χ3n) is 6.77. The lowest BCUT2D eigenvalue weighted by Crippen LogP contribution is -2.50. The molecule has 6 rings (SSSR count). The number of anilines is 2. The first-order valence-corrected chi connectivity index (χ1v) is 13.5. The van der Waals surface area contributed by atoms with Gasteiger partial charge in [-0.25, -0.2) is 17.4 Å². The molecule has 0 aliphatic carbocycles. The summed E-state index contributed by atoms with van der Waals surface area (Å²) in [6.07, 6.45) is 2.51. The first-order valence-electron chi connectivity index (χ1n) is 11.6. The van der Waals surface area contributed by atoms with Gasteiger partial charge in [0.25, 0.3) is 11.8 Å². The molecule has 3 aromatic carbocycles. The summed E-state index contributed by atoms with van der Waals surface area (Å²) in [6, 6.07) is 25.3. The first-order chi connectivity index (χ1) is 17.7. The number of carbonyl (C=O) groups is 2. The van der Waals surface area contributed by atoms with Gasteiger partial charge in [-0.2, -0.15) is 0 Å². The molecule has 184 valence electrons. The molecule has 9 heteroatoms. The van der Waals surface area contributed by atoms with E-state index in [1.165, 1.54) is 10.2 Å². The van der Waals surface area contributed by atoms with Gasteiger partial charge in [-0.05, 0) is 37.3 Å². The van der Waals surface area contributed by atoms with E-state index < -0.39 is 21.5 Å². The van der Waals surface area contributed by atoms with Gasteiger partial charge in [0.15, 0.2) is 0 Å².